The molecule has 0 saturated carbocycles. The third-order valence-electron chi connectivity index (χ3n) is 10.6. The summed E-state index contributed by atoms with van der Waals surface area (Å²) in [4.78, 5) is 67.9. The number of anilines is 1. The van der Waals surface area contributed by atoms with Gasteiger partial charge in [0.15, 0.2) is 0 Å². The predicted octanol–water partition coefficient (Wildman–Crippen LogP) is 4.59. The molecule has 8 rings (SSSR count). The maximum Gasteiger partial charge on any atom is 0.255 e. The number of nitrogens with zero attached hydrogens (tertiary/aromatic N) is 4. The molecule has 2 fully saturated rings. The van der Waals surface area contributed by atoms with Gasteiger partial charge in [-0.15, -0.1) is 11.8 Å². The van der Waals surface area contributed by atoms with Crippen molar-refractivity contribution in [1.29, 1.82) is 0 Å². The number of nitrogens with two attached hydrogens (primary N) is 1. The van der Waals surface area contributed by atoms with E-state index in [4.69, 9.17) is 15.6 Å². The molecule has 13 nitrogen and oxygen atoms in total. The maximum atomic E-state index is 13.5. The molecule has 0 bridgehead atoms. The average molecular weight is 734 g/mol. The standard InChI is InChI=1S/C39H39N7O6S/c40-36(49)34-35(24-9-11-26(12-10-24)52-25-5-2-1-3-6-25)43-46-29(15-18-41-37(34)46)23-16-19-44(20-17-23)33(48)22-53-31-8-4-7-27-28(31)21-45(39(27)51)30-13-14-32(47)42-38(30)50/h1-12,23,29-30,41H,13-22H2,(H2,40,49)(H,42,47,50). The molecule has 5 heterocycles. The summed E-state index contributed by atoms with van der Waals surface area (Å²) in [7, 11) is 0. The van der Waals surface area contributed by atoms with E-state index in [1.54, 1.807) is 12.1 Å². The number of aromatic nitrogens is 2. The first kappa shape index (κ1) is 34.5. The van der Waals surface area contributed by atoms with Crippen LogP contribution >= 0.6 is 11.8 Å². The van der Waals surface area contributed by atoms with E-state index in [-0.39, 0.29) is 48.4 Å². The quantitative estimate of drug-likeness (QED) is 0.165. The number of fused-ring (bicyclic) bond motifs is 2. The van der Waals surface area contributed by atoms with Crippen LogP contribution in [0.1, 0.15) is 64.4 Å². The van der Waals surface area contributed by atoms with E-state index in [0.717, 1.165) is 41.0 Å². The summed E-state index contributed by atoms with van der Waals surface area (Å²) in [5.41, 5.74) is 8.93. The van der Waals surface area contributed by atoms with Gasteiger partial charge < -0.3 is 25.6 Å². The Bertz CT molecular complexity index is 2090. The van der Waals surface area contributed by atoms with Gasteiger partial charge >= 0.3 is 0 Å². The average Bonchev–Trinajstić information content (AvgIpc) is 3.73. The zero-order valence-electron chi connectivity index (χ0n) is 29.0. The molecule has 0 spiro atoms. The smallest absolute Gasteiger partial charge is 0.255 e. The van der Waals surface area contributed by atoms with Crippen molar-refractivity contribution >= 4 is 47.1 Å². The molecule has 4 aliphatic rings. The van der Waals surface area contributed by atoms with Crippen LogP contribution in [-0.2, 0) is 20.9 Å². The zero-order valence-corrected chi connectivity index (χ0v) is 29.8. The monoisotopic (exact) mass is 733 g/mol. The van der Waals surface area contributed by atoms with Crippen LogP contribution in [-0.4, -0.2) is 80.5 Å². The Labute approximate surface area is 310 Å². The minimum absolute atomic E-state index is 0.0282. The number of hydrogen-bond acceptors (Lipinski definition) is 9. The molecule has 2 atom stereocenters. The Morgan fingerprint density at radius 1 is 0.906 bits per heavy atom. The van der Waals surface area contributed by atoms with Crippen molar-refractivity contribution in [3.05, 3.63) is 89.5 Å². The number of amides is 5. The van der Waals surface area contributed by atoms with Gasteiger partial charge in [-0.2, -0.15) is 5.10 Å². The highest BCUT2D eigenvalue weighted by atomic mass is 32.2. The zero-order chi connectivity index (χ0) is 36.6. The third kappa shape index (κ3) is 6.74. The van der Waals surface area contributed by atoms with E-state index >= 15 is 0 Å². The van der Waals surface area contributed by atoms with Crippen LogP contribution in [0.25, 0.3) is 11.3 Å². The van der Waals surface area contributed by atoms with Gasteiger partial charge in [-0.05, 0) is 85.7 Å². The van der Waals surface area contributed by atoms with Crippen molar-refractivity contribution in [2.24, 2.45) is 11.7 Å². The molecule has 4 aliphatic heterocycles. The Morgan fingerprint density at radius 2 is 1.66 bits per heavy atom. The first-order chi connectivity index (χ1) is 25.7. The van der Waals surface area contributed by atoms with Crippen LogP contribution in [0.4, 0.5) is 5.82 Å². The summed E-state index contributed by atoms with van der Waals surface area (Å²) in [6, 6.07) is 21.8. The second-order valence-corrected chi connectivity index (χ2v) is 14.8. The van der Waals surface area contributed by atoms with Gasteiger partial charge in [0, 0.05) is 48.6 Å². The summed E-state index contributed by atoms with van der Waals surface area (Å²) < 4.78 is 7.88. The van der Waals surface area contributed by atoms with Crippen LogP contribution in [0.5, 0.6) is 11.5 Å². The lowest BCUT2D eigenvalue weighted by molar-refractivity contribution is -0.137. The molecule has 4 N–H and O–H groups in total. The molecular weight excluding hydrogens is 695 g/mol. The number of likely N-dealkylation sites (tertiary alicyclic amines) is 1. The molecule has 53 heavy (non-hydrogen) atoms. The van der Waals surface area contributed by atoms with Crippen molar-refractivity contribution in [3.63, 3.8) is 0 Å². The number of piperidine rings is 2. The first-order valence-corrected chi connectivity index (χ1v) is 18.9. The number of nitrogens with one attached hydrogen (secondary N) is 2. The lowest BCUT2D eigenvalue weighted by Gasteiger charge is -2.38. The van der Waals surface area contributed by atoms with Crippen LogP contribution in [0.2, 0.25) is 0 Å². The van der Waals surface area contributed by atoms with Gasteiger partial charge in [0.25, 0.3) is 11.8 Å². The highest BCUT2D eigenvalue weighted by Gasteiger charge is 2.40. The molecule has 0 aliphatic carbocycles. The number of benzene rings is 3. The van der Waals surface area contributed by atoms with Crippen molar-refractivity contribution in [2.75, 3.05) is 30.7 Å². The molecule has 4 aromatic rings. The van der Waals surface area contributed by atoms with Crippen LogP contribution in [0.3, 0.4) is 0 Å². The third-order valence-corrected chi connectivity index (χ3v) is 11.7. The number of rotatable bonds is 9. The van der Waals surface area contributed by atoms with Crippen LogP contribution in [0.15, 0.2) is 77.7 Å². The van der Waals surface area contributed by atoms with E-state index in [1.807, 2.05) is 70.2 Å². The van der Waals surface area contributed by atoms with Gasteiger partial charge in [-0.1, -0.05) is 24.3 Å². The number of ether oxygens (including phenoxy) is 1. The van der Waals surface area contributed by atoms with Gasteiger partial charge in [0.2, 0.25) is 17.7 Å². The number of primary amides is 1. The maximum absolute atomic E-state index is 13.5. The summed E-state index contributed by atoms with van der Waals surface area (Å²) >= 11 is 1.41. The van der Waals surface area contributed by atoms with E-state index in [1.165, 1.54) is 16.7 Å². The second-order valence-electron chi connectivity index (χ2n) is 13.8. The molecule has 2 unspecified atom stereocenters. The van der Waals surface area contributed by atoms with Gasteiger partial charge in [0.1, 0.15) is 34.6 Å². The number of carbonyl (C=O) groups is 5. The normalized spacial score (nSPS) is 20.0. The molecule has 0 radical (unpaired) electrons. The minimum atomic E-state index is -0.688. The second kappa shape index (κ2) is 14.4. The molecule has 272 valence electrons. The van der Waals surface area contributed by atoms with Gasteiger partial charge in [-0.25, -0.2) is 4.68 Å². The molecule has 2 saturated heterocycles. The Balaban J connectivity index is 0.906. The van der Waals surface area contributed by atoms with Crippen molar-refractivity contribution < 1.29 is 28.7 Å². The molecule has 1 aromatic heterocycles. The fourth-order valence-electron chi connectivity index (χ4n) is 7.94. The van der Waals surface area contributed by atoms with Crippen LogP contribution in [0, 0.1) is 5.92 Å². The summed E-state index contributed by atoms with van der Waals surface area (Å²) in [6.07, 6.45) is 2.91. The number of carbonyl (C=O) groups excluding carboxylic acids is 5. The van der Waals surface area contributed by atoms with E-state index in [2.05, 4.69) is 10.6 Å². The van der Waals surface area contributed by atoms with E-state index < -0.39 is 17.9 Å². The summed E-state index contributed by atoms with van der Waals surface area (Å²) in [5, 5.41) is 10.7. The highest BCUT2D eigenvalue weighted by Crippen LogP contribution is 2.41. The number of imide groups is 1. The lowest BCUT2D eigenvalue weighted by atomic mass is 9.87. The Morgan fingerprint density at radius 3 is 2.40 bits per heavy atom. The van der Waals surface area contributed by atoms with Gasteiger partial charge in [0.05, 0.1) is 11.8 Å². The fourth-order valence-corrected chi connectivity index (χ4v) is 8.92. The van der Waals surface area contributed by atoms with Crippen molar-refractivity contribution in [3.8, 4) is 22.8 Å². The predicted molar refractivity (Wildman–Crippen MR) is 197 cm³/mol. The summed E-state index contributed by atoms with van der Waals surface area (Å²) in [5.74, 6) is 0.987. The fraction of sp³-hybridized carbons (Fsp3) is 0.333. The molecule has 3 aromatic carbocycles. The molecular formula is C39H39N7O6S. The topological polar surface area (TPSA) is 169 Å². The Hall–Kier alpha value is -5.63. The number of thioether (sulfide) groups is 1. The number of para-hydroxylation sites is 1. The van der Waals surface area contributed by atoms with E-state index in [9.17, 15) is 24.0 Å². The largest absolute Gasteiger partial charge is 0.457 e. The minimum Gasteiger partial charge on any atom is -0.457 e. The molecule has 5 amide bonds. The van der Waals surface area contributed by atoms with E-state index in [0.29, 0.717) is 54.4 Å². The first-order valence-electron chi connectivity index (χ1n) is 17.9. The van der Waals surface area contributed by atoms with Crippen molar-refractivity contribution in [2.45, 2.75) is 55.6 Å². The molecule has 14 heteroatoms. The lowest BCUT2D eigenvalue weighted by Crippen LogP contribution is -2.52. The SMILES string of the molecule is NC(=O)c1c(-c2ccc(Oc3ccccc3)cc2)nn2c1NCCC2C1CCN(C(=O)CSc2cccc3c2CN(C2CCC(=O)NC2=O)C3=O)CC1. The van der Waals surface area contributed by atoms with Crippen LogP contribution < -0.4 is 21.1 Å². The number of hydrogen-bond donors (Lipinski definition) is 3. The highest BCUT2D eigenvalue weighted by molar-refractivity contribution is 8.00. The summed E-state index contributed by atoms with van der Waals surface area (Å²) in [6.45, 7) is 2.16. The van der Waals surface area contributed by atoms with Gasteiger partial charge in [-0.3, -0.25) is 29.3 Å². The van der Waals surface area contributed by atoms with Crippen molar-refractivity contribution in [1.82, 2.24) is 24.9 Å². The Kier molecular flexibility index (Phi) is 9.37.